The molecule has 4 heteroatoms. The van der Waals surface area contributed by atoms with Gasteiger partial charge >= 0.3 is 0 Å². The normalized spacial score (nSPS) is 16.6. The van der Waals surface area contributed by atoms with Gasteiger partial charge in [0.05, 0.1) is 16.7 Å². The SMILES string of the molecule is C=C/C(=c1\c(=C)c2ccccc2n1C)N(c1ccc2c(c1)c1ccccc1n2C)c1cc2c(c(C=C)c1C=C)-c1ccc(N(C(/C=C\C)=C/CC)c3ccc4c(c3)-c3ccccc3C3CC43)cc1C2(C)C. The Bertz CT molecular complexity index is 3960. The highest BCUT2D eigenvalue weighted by Gasteiger charge is 2.45. The van der Waals surface area contributed by atoms with Crippen LogP contribution < -0.4 is 20.4 Å². The van der Waals surface area contributed by atoms with E-state index >= 15 is 0 Å². The van der Waals surface area contributed by atoms with Gasteiger partial charge in [0.2, 0.25) is 0 Å². The van der Waals surface area contributed by atoms with Crippen molar-refractivity contribution in [1.82, 2.24) is 9.13 Å². The molecule has 0 radical (unpaired) electrons. The van der Waals surface area contributed by atoms with Crippen LogP contribution in [0.1, 0.15) is 85.8 Å². The van der Waals surface area contributed by atoms with E-state index in [4.69, 9.17) is 6.58 Å². The molecule has 3 aliphatic rings. The van der Waals surface area contributed by atoms with E-state index in [-0.39, 0.29) is 0 Å². The molecule has 1 saturated carbocycles. The van der Waals surface area contributed by atoms with Gasteiger partial charge in [-0.3, -0.25) is 0 Å². The second kappa shape index (κ2) is 16.5. The van der Waals surface area contributed by atoms with Gasteiger partial charge in [0, 0.05) is 85.8 Å². The second-order valence-electron chi connectivity index (χ2n) is 20.2. The van der Waals surface area contributed by atoms with E-state index in [0.29, 0.717) is 11.8 Å². The number of nitrogens with zero attached hydrogens (tertiary/aromatic N) is 4. The predicted molar refractivity (Wildman–Crippen MR) is 305 cm³/mol. The quantitative estimate of drug-likeness (QED) is 0.120. The number of para-hydroxylation sites is 2. The Morgan fingerprint density at radius 1 is 0.634 bits per heavy atom. The van der Waals surface area contributed by atoms with Crippen molar-refractivity contribution < 1.29 is 0 Å². The van der Waals surface area contributed by atoms with Crippen molar-refractivity contribution in [1.29, 1.82) is 0 Å². The average Bonchev–Trinajstić information content (AvgIpc) is 4.05. The lowest BCUT2D eigenvalue weighted by Gasteiger charge is -2.32. The Kier molecular flexibility index (Phi) is 10.3. The largest absolute Gasteiger partial charge is 0.344 e. The number of benzene rings is 7. The molecule has 0 aliphatic heterocycles. The van der Waals surface area contributed by atoms with Gasteiger partial charge in [0.25, 0.3) is 0 Å². The molecular weight excluding hydrogens is 861 g/mol. The Labute approximate surface area is 418 Å². The Balaban J connectivity index is 1.08. The molecule has 0 spiro atoms. The maximum atomic E-state index is 4.73. The molecule has 2 unspecified atom stereocenters. The number of hydrogen-bond acceptors (Lipinski definition) is 2. The van der Waals surface area contributed by atoms with Gasteiger partial charge in [-0.25, -0.2) is 0 Å². The van der Waals surface area contributed by atoms with Crippen LogP contribution in [-0.4, -0.2) is 9.13 Å². The first-order valence-electron chi connectivity index (χ1n) is 25.2. The van der Waals surface area contributed by atoms with Crippen molar-refractivity contribution in [3.8, 4) is 22.3 Å². The summed E-state index contributed by atoms with van der Waals surface area (Å²) in [5.41, 5.74) is 22.2. The molecule has 0 saturated heterocycles. The van der Waals surface area contributed by atoms with Gasteiger partial charge in [-0.15, -0.1) is 0 Å². The van der Waals surface area contributed by atoms with E-state index in [2.05, 4.69) is 232 Å². The zero-order chi connectivity index (χ0) is 49.0. The second-order valence-corrected chi connectivity index (χ2v) is 20.2. The number of allylic oxidation sites excluding steroid dienone is 3. The highest BCUT2D eigenvalue weighted by atomic mass is 15.2. The lowest BCUT2D eigenvalue weighted by Crippen LogP contribution is -2.35. The molecule has 0 amide bonds. The van der Waals surface area contributed by atoms with Crippen LogP contribution in [0.2, 0.25) is 0 Å². The third-order valence-corrected chi connectivity index (χ3v) is 16.1. The summed E-state index contributed by atoms with van der Waals surface area (Å²) in [7, 11) is 4.29. The minimum absolute atomic E-state index is 0.402. The molecule has 1 fully saturated rings. The van der Waals surface area contributed by atoms with Crippen molar-refractivity contribution in [2.24, 2.45) is 14.1 Å². The summed E-state index contributed by atoms with van der Waals surface area (Å²) in [6.45, 7) is 27.5. The van der Waals surface area contributed by atoms with E-state index in [9.17, 15) is 0 Å². The Morgan fingerprint density at radius 3 is 1.99 bits per heavy atom. The lowest BCUT2D eigenvalue weighted by atomic mass is 9.81. The standard InChI is InChI=1S/C67H60N4/c1-11-22-42(23-12-2)70(43-30-33-51-54(36-43)49-25-16-17-26-50(49)55-39-56(51)55)45-31-34-53-58(38-45)67(7,8)59-40-64(46(13-3)47(14-4)65(53)59)71(60(15-5)66-41(6)48-24-18-20-28-61(48)69(66)10)44-32-35-63-57(37-44)52-27-19-21-29-62(52)68(63)9/h11,13-38,40,55-56H,3-6,12,39H2,1-2,7-10H3/b22-11-,42-23+,66-60-. The van der Waals surface area contributed by atoms with Crippen molar-refractivity contribution in [3.05, 3.63) is 227 Å². The van der Waals surface area contributed by atoms with Crippen LogP contribution in [0.4, 0.5) is 22.7 Å². The van der Waals surface area contributed by atoms with Crippen molar-refractivity contribution >= 4 is 79.9 Å². The summed E-state index contributed by atoms with van der Waals surface area (Å²) in [5, 5.41) is 5.47. The highest BCUT2D eigenvalue weighted by molar-refractivity contribution is 6.10. The summed E-state index contributed by atoms with van der Waals surface area (Å²) in [6.07, 6.45) is 15.0. The maximum absolute atomic E-state index is 4.73. The van der Waals surface area contributed by atoms with E-state index in [1.165, 1.54) is 72.7 Å². The molecule has 2 aromatic heterocycles. The minimum atomic E-state index is -0.402. The van der Waals surface area contributed by atoms with Crippen molar-refractivity contribution in [2.75, 3.05) is 9.80 Å². The Morgan fingerprint density at radius 2 is 1.27 bits per heavy atom. The number of fused-ring (bicyclic) bond motifs is 13. The zero-order valence-corrected chi connectivity index (χ0v) is 41.9. The highest BCUT2D eigenvalue weighted by Crippen LogP contribution is 2.63. The van der Waals surface area contributed by atoms with Crippen LogP contribution >= 0.6 is 0 Å². The monoisotopic (exact) mass is 920 g/mol. The molecule has 3 aliphatic carbocycles. The molecule has 348 valence electrons. The van der Waals surface area contributed by atoms with Gasteiger partial charge in [0.15, 0.2) is 0 Å². The summed E-state index contributed by atoms with van der Waals surface area (Å²) < 4.78 is 4.55. The van der Waals surface area contributed by atoms with Crippen LogP contribution in [0.5, 0.6) is 0 Å². The van der Waals surface area contributed by atoms with Gasteiger partial charge in [-0.1, -0.05) is 144 Å². The topological polar surface area (TPSA) is 16.3 Å². The van der Waals surface area contributed by atoms with Crippen molar-refractivity contribution in [3.63, 3.8) is 0 Å². The molecule has 71 heavy (non-hydrogen) atoms. The van der Waals surface area contributed by atoms with Crippen LogP contribution in [0.3, 0.4) is 0 Å². The molecule has 12 rings (SSSR count). The van der Waals surface area contributed by atoms with E-state index in [1.807, 2.05) is 18.2 Å². The van der Waals surface area contributed by atoms with Gasteiger partial charge in [-0.2, -0.15) is 0 Å². The summed E-state index contributed by atoms with van der Waals surface area (Å²) in [5.74, 6) is 1.25. The molecule has 0 bridgehead atoms. The first kappa shape index (κ1) is 44.1. The molecule has 2 heterocycles. The number of hydrogen-bond donors (Lipinski definition) is 0. The number of rotatable bonds is 11. The molecule has 0 N–H and O–H groups in total. The third kappa shape index (κ3) is 6.43. The van der Waals surface area contributed by atoms with Crippen LogP contribution in [0.15, 0.2) is 183 Å². The van der Waals surface area contributed by atoms with Gasteiger partial charge in [0.1, 0.15) is 0 Å². The third-order valence-electron chi connectivity index (χ3n) is 16.1. The van der Waals surface area contributed by atoms with E-state index < -0.39 is 5.41 Å². The van der Waals surface area contributed by atoms with Gasteiger partial charge < -0.3 is 18.9 Å². The summed E-state index contributed by atoms with van der Waals surface area (Å²) in [6, 6.07) is 49.9. The fourth-order valence-electron chi connectivity index (χ4n) is 12.7. The molecule has 9 aromatic rings. The predicted octanol–water partition coefficient (Wildman–Crippen LogP) is 16.2. The lowest BCUT2D eigenvalue weighted by molar-refractivity contribution is 0.660. The fourth-order valence-corrected chi connectivity index (χ4v) is 12.7. The van der Waals surface area contributed by atoms with Crippen molar-refractivity contribution in [2.45, 2.75) is 57.8 Å². The van der Waals surface area contributed by atoms with Crippen LogP contribution in [-0.2, 0) is 19.5 Å². The number of aryl methyl sites for hydroxylation is 2. The smallest absolute Gasteiger partial charge is 0.0727 e. The molecule has 4 nitrogen and oxygen atoms in total. The fraction of sp³-hybridized carbons (Fsp3) is 0.164. The molecular formula is C67H60N4. The zero-order valence-electron chi connectivity index (χ0n) is 41.9. The number of aromatic nitrogens is 2. The first-order chi connectivity index (χ1) is 34.5. The maximum Gasteiger partial charge on any atom is 0.0727 e. The first-order valence-corrected chi connectivity index (χ1v) is 25.2. The number of anilines is 4. The van der Waals surface area contributed by atoms with Crippen LogP contribution in [0.25, 0.3) is 79.4 Å². The van der Waals surface area contributed by atoms with E-state index in [1.54, 1.807) is 0 Å². The van der Waals surface area contributed by atoms with E-state index in [0.717, 1.165) is 73.2 Å². The van der Waals surface area contributed by atoms with Gasteiger partial charge in [-0.05, 0) is 154 Å². The molecule has 2 atom stereocenters. The average molecular weight is 921 g/mol. The molecule has 7 aromatic carbocycles. The van der Waals surface area contributed by atoms with Crippen LogP contribution in [0, 0.1) is 0 Å². The summed E-state index contributed by atoms with van der Waals surface area (Å²) in [4.78, 5) is 4.86. The minimum Gasteiger partial charge on any atom is -0.344 e. The Hall–Kier alpha value is -8.08. The summed E-state index contributed by atoms with van der Waals surface area (Å²) >= 11 is 0.